The molecule has 106 valence electrons. The molecule has 0 spiro atoms. The van der Waals surface area contributed by atoms with Gasteiger partial charge in [0.15, 0.2) is 0 Å². The maximum atomic E-state index is 13.1. The lowest BCUT2D eigenvalue weighted by atomic mass is 9.97. The number of benzene rings is 2. The molecule has 2 aromatic rings. The predicted molar refractivity (Wildman–Crippen MR) is 82.2 cm³/mol. The SMILES string of the molecule is CCC(CC)NC(c1ccccc1)c1ccc(F)cc1. The first-order valence-electron chi connectivity index (χ1n) is 7.31. The maximum absolute atomic E-state index is 13.1. The van der Waals surface area contributed by atoms with Crippen molar-refractivity contribution in [2.75, 3.05) is 0 Å². The van der Waals surface area contributed by atoms with Gasteiger partial charge in [-0.1, -0.05) is 56.3 Å². The van der Waals surface area contributed by atoms with Crippen LogP contribution in [0.15, 0.2) is 54.6 Å². The Balaban J connectivity index is 2.31. The minimum Gasteiger partial charge on any atom is -0.303 e. The number of nitrogens with one attached hydrogen (secondary N) is 1. The van der Waals surface area contributed by atoms with Crippen LogP contribution in [0.2, 0.25) is 0 Å². The average Bonchev–Trinajstić information content (AvgIpc) is 2.51. The van der Waals surface area contributed by atoms with Gasteiger partial charge in [0.1, 0.15) is 5.82 Å². The molecule has 0 saturated carbocycles. The van der Waals surface area contributed by atoms with Crippen LogP contribution in [0.4, 0.5) is 4.39 Å². The minimum absolute atomic E-state index is 0.113. The Morgan fingerprint density at radius 1 is 0.850 bits per heavy atom. The zero-order valence-electron chi connectivity index (χ0n) is 12.1. The van der Waals surface area contributed by atoms with Gasteiger partial charge in [-0.2, -0.15) is 0 Å². The lowest BCUT2D eigenvalue weighted by Crippen LogP contribution is -2.32. The Hall–Kier alpha value is -1.67. The van der Waals surface area contributed by atoms with E-state index in [0.717, 1.165) is 18.4 Å². The number of hydrogen-bond acceptors (Lipinski definition) is 1. The van der Waals surface area contributed by atoms with Crippen molar-refractivity contribution in [1.82, 2.24) is 5.32 Å². The third kappa shape index (κ3) is 3.67. The number of rotatable bonds is 6. The van der Waals surface area contributed by atoms with Crippen molar-refractivity contribution in [2.24, 2.45) is 0 Å². The summed E-state index contributed by atoms with van der Waals surface area (Å²) < 4.78 is 13.1. The maximum Gasteiger partial charge on any atom is 0.123 e. The van der Waals surface area contributed by atoms with Crippen molar-refractivity contribution in [3.63, 3.8) is 0 Å². The fourth-order valence-corrected chi connectivity index (χ4v) is 2.45. The summed E-state index contributed by atoms with van der Waals surface area (Å²) in [7, 11) is 0. The van der Waals surface area contributed by atoms with Crippen LogP contribution >= 0.6 is 0 Å². The van der Waals surface area contributed by atoms with E-state index in [0.29, 0.717) is 6.04 Å². The van der Waals surface area contributed by atoms with Gasteiger partial charge < -0.3 is 5.32 Å². The topological polar surface area (TPSA) is 12.0 Å². The number of halogens is 1. The van der Waals surface area contributed by atoms with Crippen molar-refractivity contribution in [3.8, 4) is 0 Å². The van der Waals surface area contributed by atoms with Gasteiger partial charge >= 0.3 is 0 Å². The second kappa shape index (κ2) is 7.20. The van der Waals surface area contributed by atoms with Crippen LogP contribution in [0.1, 0.15) is 43.9 Å². The Labute approximate surface area is 120 Å². The summed E-state index contributed by atoms with van der Waals surface area (Å²) in [5, 5.41) is 3.68. The quantitative estimate of drug-likeness (QED) is 0.803. The molecule has 1 nitrogen and oxygen atoms in total. The smallest absolute Gasteiger partial charge is 0.123 e. The van der Waals surface area contributed by atoms with Crippen LogP contribution in [0.3, 0.4) is 0 Å². The summed E-state index contributed by atoms with van der Waals surface area (Å²) in [5.41, 5.74) is 2.32. The van der Waals surface area contributed by atoms with Crippen LogP contribution in [-0.4, -0.2) is 6.04 Å². The van der Waals surface area contributed by atoms with Crippen LogP contribution < -0.4 is 5.32 Å². The molecule has 0 fully saturated rings. The van der Waals surface area contributed by atoms with Crippen LogP contribution in [0.25, 0.3) is 0 Å². The first-order valence-corrected chi connectivity index (χ1v) is 7.31. The van der Waals surface area contributed by atoms with Gasteiger partial charge in [0.25, 0.3) is 0 Å². The summed E-state index contributed by atoms with van der Waals surface area (Å²) >= 11 is 0. The van der Waals surface area contributed by atoms with Crippen molar-refractivity contribution < 1.29 is 4.39 Å². The Bertz CT molecular complexity index is 503. The molecule has 0 saturated heterocycles. The lowest BCUT2D eigenvalue weighted by Gasteiger charge is -2.25. The zero-order valence-corrected chi connectivity index (χ0v) is 12.1. The van der Waals surface area contributed by atoms with Crippen LogP contribution in [0.5, 0.6) is 0 Å². The van der Waals surface area contributed by atoms with Gasteiger partial charge in [0.2, 0.25) is 0 Å². The van der Waals surface area contributed by atoms with Gasteiger partial charge in [-0.15, -0.1) is 0 Å². The second-order valence-corrected chi connectivity index (χ2v) is 5.08. The summed E-state index contributed by atoms with van der Waals surface area (Å²) in [5.74, 6) is -0.192. The molecular formula is C18H22FN. The molecule has 0 aliphatic rings. The van der Waals surface area contributed by atoms with Gasteiger partial charge in [-0.05, 0) is 36.1 Å². The van der Waals surface area contributed by atoms with Crippen molar-refractivity contribution in [3.05, 3.63) is 71.5 Å². The molecule has 0 aliphatic heterocycles. The molecule has 0 aromatic heterocycles. The van der Waals surface area contributed by atoms with Gasteiger partial charge in [0, 0.05) is 6.04 Å². The van der Waals surface area contributed by atoms with Crippen molar-refractivity contribution in [2.45, 2.75) is 38.8 Å². The Morgan fingerprint density at radius 3 is 1.95 bits per heavy atom. The molecule has 1 unspecified atom stereocenters. The molecule has 20 heavy (non-hydrogen) atoms. The van der Waals surface area contributed by atoms with Crippen LogP contribution in [-0.2, 0) is 0 Å². The largest absolute Gasteiger partial charge is 0.303 e. The third-order valence-corrected chi connectivity index (χ3v) is 3.72. The number of hydrogen-bond donors (Lipinski definition) is 1. The van der Waals surface area contributed by atoms with Gasteiger partial charge in [0.05, 0.1) is 6.04 Å². The van der Waals surface area contributed by atoms with E-state index in [9.17, 15) is 4.39 Å². The molecule has 0 aliphatic carbocycles. The minimum atomic E-state index is -0.192. The second-order valence-electron chi connectivity index (χ2n) is 5.08. The van der Waals surface area contributed by atoms with Gasteiger partial charge in [-0.3, -0.25) is 0 Å². The monoisotopic (exact) mass is 271 g/mol. The summed E-state index contributed by atoms with van der Waals surface area (Å²) in [6.45, 7) is 4.38. The summed E-state index contributed by atoms with van der Waals surface area (Å²) in [4.78, 5) is 0. The fraction of sp³-hybridized carbons (Fsp3) is 0.333. The fourth-order valence-electron chi connectivity index (χ4n) is 2.45. The highest BCUT2D eigenvalue weighted by atomic mass is 19.1. The Morgan fingerprint density at radius 2 is 1.40 bits per heavy atom. The molecule has 1 N–H and O–H groups in total. The highest BCUT2D eigenvalue weighted by Gasteiger charge is 2.16. The third-order valence-electron chi connectivity index (χ3n) is 3.72. The van der Waals surface area contributed by atoms with E-state index in [-0.39, 0.29) is 11.9 Å². The van der Waals surface area contributed by atoms with E-state index >= 15 is 0 Å². The molecular weight excluding hydrogens is 249 g/mol. The lowest BCUT2D eigenvalue weighted by molar-refractivity contribution is 0.447. The summed E-state index contributed by atoms with van der Waals surface area (Å²) in [6, 6.07) is 17.7. The van der Waals surface area contributed by atoms with Crippen LogP contribution in [0, 0.1) is 5.82 Å². The highest BCUT2D eigenvalue weighted by molar-refractivity contribution is 5.32. The molecule has 0 radical (unpaired) electrons. The molecule has 2 rings (SSSR count). The van der Waals surface area contributed by atoms with E-state index in [1.54, 1.807) is 0 Å². The molecule has 0 heterocycles. The summed E-state index contributed by atoms with van der Waals surface area (Å²) in [6.07, 6.45) is 2.17. The average molecular weight is 271 g/mol. The van der Waals surface area contributed by atoms with E-state index in [4.69, 9.17) is 0 Å². The molecule has 1 atom stereocenters. The molecule has 0 amide bonds. The van der Waals surface area contributed by atoms with Crippen molar-refractivity contribution >= 4 is 0 Å². The zero-order chi connectivity index (χ0) is 14.4. The van der Waals surface area contributed by atoms with Crippen molar-refractivity contribution in [1.29, 1.82) is 0 Å². The molecule has 0 bridgehead atoms. The first kappa shape index (κ1) is 14.7. The van der Waals surface area contributed by atoms with E-state index in [1.807, 2.05) is 30.3 Å². The normalized spacial score (nSPS) is 12.6. The first-order chi connectivity index (χ1) is 9.74. The molecule has 2 aromatic carbocycles. The van der Waals surface area contributed by atoms with Gasteiger partial charge in [-0.25, -0.2) is 4.39 Å². The highest BCUT2D eigenvalue weighted by Crippen LogP contribution is 2.23. The standard InChI is InChI=1S/C18H22FN/c1-3-17(4-2)20-18(14-8-6-5-7-9-14)15-10-12-16(19)13-11-15/h5-13,17-18,20H,3-4H2,1-2H3. The van der Waals surface area contributed by atoms with E-state index < -0.39 is 0 Å². The molecule has 2 heteroatoms. The van der Waals surface area contributed by atoms with E-state index in [2.05, 4.69) is 31.3 Å². The predicted octanol–water partition coefficient (Wildman–Crippen LogP) is 4.69. The van der Waals surface area contributed by atoms with E-state index in [1.165, 1.54) is 17.7 Å². The Kier molecular flexibility index (Phi) is 5.31.